The summed E-state index contributed by atoms with van der Waals surface area (Å²) in [7, 11) is 5.78. The third-order valence-corrected chi connectivity index (χ3v) is 3.84. The van der Waals surface area contributed by atoms with Crippen LogP contribution in [-0.2, 0) is 20.0 Å². The molecule has 0 spiro atoms. The van der Waals surface area contributed by atoms with E-state index in [9.17, 15) is 0 Å². The predicted octanol–water partition coefficient (Wildman–Crippen LogP) is 2.71. The highest BCUT2D eigenvalue weighted by molar-refractivity contribution is 6.30. The zero-order chi connectivity index (χ0) is 16.7. The van der Waals surface area contributed by atoms with Gasteiger partial charge in [0.15, 0.2) is 5.96 Å². The van der Waals surface area contributed by atoms with E-state index in [1.54, 1.807) is 0 Å². The van der Waals surface area contributed by atoms with Gasteiger partial charge in [0.25, 0.3) is 0 Å². The number of aryl methyl sites for hydroxylation is 2. The van der Waals surface area contributed by atoms with E-state index in [1.807, 2.05) is 56.3 Å². The molecule has 0 saturated carbocycles. The second-order valence-electron chi connectivity index (χ2n) is 5.58. The van der Waals surface area contributed by atoms with Gasteiger partial charge < -0.3 is 10.2 Å². The van der Waals surface area contributed by atoms with Crippen molar-refractivity contribution in [2.75, 3.05) is 20.6 Å². The minimum Gasteiger partial charge on any atom is -0.356 e. The molecule has 0 saturated heterocycles. The average molecular weight is 334 g/mol. The lowest BCUT2D eigenvalue weighted by molar-refractivity contribution is 0.476. The van der Waals surface area contributed by atoms with Gasteiger partial charge in [0.05, 0.1) is 6.20 Å². The smallest absolute Gasteiger partial charge is 0.193 e. The zero-order valence-corrected chi connectivity index (χ0v) is 14.7. The summed E-state index contributed by atoms with van der Waals surface area (Å²) in [6, 6.07) is 7.90. The van der Waals surface area contributed by atoms with Crippen LogP contribution >= 0.6 is 11.6 Å². The summed E-state index contributed by atoms with van der Waals surface area (Å²) in [5.41, 5.74) is 2.47. The van der Waals surface area contributed by atoms with Crippen molar-refractivity contribution in [2.24, 2.45) is 12.0 Å². The molecule has 0 unspecified atom stereocenters. The first kappa shape index (κ1) is 17.3. The number of halogens is 1. The molecule has 2 rings (SSSR count). The molecule has 0 fully saturated rings. The molecule has 0 aliphatic rings. The van der Waals surface area contributed by atoms with Crippen LogP contribution in [0.5, 0.6) is 0 Å². The normalized spacial score (nSPS) is 11.6. The molecule has 124 valence electrons. The van der Waals surface area contributed by atoms with Crippen LogP contribution in [0.15, 0.2) is 41.7 Å². The van der Waals surface area contributed by atoms with Crippen molar-refractivity contribution in [3.8, 4) is 0 Å². The Labute approximate surface area is 143 Å². The second kappa shape index (κ2) is 8.58. The molecular formula is C17H24ClN5. The number of nitrogens with zero attached hydrogens (tertiary/aromatic N) is 4. The molecule has 2 aromatic rings. The summed E-state index contributed by atoms with van der Waals surface area (Å²) in [4.78, 5) is 6.44. The quantitative estimate of drug-likeness (QED) is 0.502. The van der Waals surface area contributed by atoms with Crippen LogP contribution in [-0.4, -0.2) is 41.3 Å². The van der Waals surface area contributed by atoms with Gasteiger partial charge in [-0.3, -0.25) is 9.67 Å². The maximum Gasteiger partial charge on any atom is 0.193 e. The Balaban J connectivity index is 1.76. The first-order chi connectivity index (χ1) is 11.1. The minimum atomic E-state index is 0.759. The summed E-state index contributed by atoms with van der Waals surface area (Å²) in [5, 5.41) is 8.34. The largest absolute Gasteiger partial charge is 0.356 e. The molecule has 0 atom stereocenters. The van der Waals surface area contributed by atoms with Crippen molar-refractivity contribution in [1.82, 2.24) is 20.0 Å². The van der Waals surface area contributed by atoms with Gasteiger partial charge in [0.2, 0.25) is 0 Å². The van der Waals surface area contributed by atoms with Gasteiger partial charge >= 0.3 is 0 Å². The molecule has 0 aliphatic carbocycles. The van der Waals surface area contributed by atoms with Crippen molar-refractivity contribution in [3.63, 3.8) is 0 Å². The van der Waals surface area contributed by atoms with Gasteiger partial charge in [-0.25, -0.2) is 0 Å². The Hall–Kier alpha value is -2.01. The van der Waals surface area contributed by atoms with Crippen LogP contribution in [0.25, 0.3) is 0 Å². The summed E-state index contributed by atoms with van der Waals surface area (Å²) < 4.78 is 1.83. The fourth-order valence-electron chi connectivity index (χ4n) is 2.42. The average Bonchev–Trinajstić information content (AvgIpc) is 2.95. The van der Waals surface area contributed by atoms with Gasteiger partial charge in [0.1, 0.15) is 0 Å². The predicted molar refractivity (Wildman–Crippen MR) is 95.8 cm³/mol. The van der Waals surface area contributed by atoms with Crippen molar-refractivity contribution in [1.29, 1.82) is 0 Å². The molecule has 1 aromatic carbocycles. The highest BCUT2D eigenvalue weighted by Crippen LogP contribution is 2.11. The third kappa shape index (κ3) is 5.60. The lowest BCUT2D eigenvalue weighted by atomic mass is 10.2. The van der Waals surface area contributed by atoms with Crippen molar-refractivity contribution < 1.29 is 0 Å². The topological polar surface area (TPSA) is 45.5 Å². The first-order valence-corrected chi connectivity index (χ1v) is 8.10. The Morgan fingerprint density at radius 3 is 2.65 bits per heavy atom. The lowest BCUT2D eigenvalue weighted by Crippen LogP contribution is -2.38. The summed E-state index contributed by atoms with van der Waals surface area (Å²) in [5.74, 6) is 0.895. The Morgan fingerprint density at radius 2 is 2.04 bits per heavy atom. The van der Waals surface area contributed by atoms with Crippen LogP contribution < -0.4 is 5.32 Å². The summed E-state index contributed by atoms with van der Waals surface area (Å²) in [6.45, 7) is 1.67. The van der Waals surface area contributed by atoms with E-state index in [2.05, 4.69) is 26.5 Å². The van der Waals surface area contributed by atoms with Crippen molar-refractivity contribution >= 4 is 17.6 Å². The minimum absolute atomic E-state index is 0.759. The van der Waals surface area contributed by atoms with Gasteiger partial charge in [-0.15, -0.1) is 0 Å². The highest BCUT2D eigenvalue weighted by atomic mass is 35.5. The van der Waals surface area contributed by atoms with Gasteiger partial charge in [-0.2, -0.15) is 5.10 Å². The lowest BCUT2D eigenvalue weighted by Gasteiger charge is -2.22. The van der Waals surface area contributed by atoms with Gasteiger partial charge in [0, 0.05) is 45.5 Å². The molecule has 1 heterocycles. The number of aliphatic imine (C=N–C) groups is 1. The number of hydrogen-bond donors (Lipinski definition) is 1. The molecule has 23 heavy (non-hydrogen) atoms. The molecule has 0 radical (unpaired) electrons. The van der Waals surface area contributed by atoms with E-state index in [0.717, 1.165) is 36.9 Å². The molecular weight excluding hydrogens is 310 g/mol. The standard InChI is InChI=1S/C17H24ClN5/c1-19-17(20-10-4-5-15-11-21-23(3)13-15)22(2)12-14-6-8-16(18)9-7-14/h6-9,11,13H,4-5,10,12H2,1-3H3,(H,19,20). The van der Waals surface area contributed by atoms with Crippen LogP contribution in [0.3, 0.4) is 0 Å². The maximum absolute atomic E-state index is 5.92. The van der Waals surface area contributed by atoms with Gasteiger partial charge in [-0.05, 0) is 36.1 Å². The number of benzene rings is 1. The first-order valence-electron chi connectivity index (χ1n) is 7.72. The zero-order valence-electron chi connectivity index (χ0n) is 14.0. The van der Waals surface area contributed by atoms with Crippen molar-refractivity contribution in [3.05, 3.63) is 52.8 Å². The molecule has 1 N–H and O–H groups in total. The van der Waals surface area contributed by atoms with Crippen molar-refractivity contribution in [2.45, 2.75) is 19.4 Å². The van der Waals surface area contributed by atoms with E-state index in [0.29, 0.717) is 0 Å². The maximum atomic E-state index is 5.92. The molecule has 1 aromatic heterocycles. The van der Waals surface area contributed by atoms with Crippen LogP contribution in [0, 0.1) is 0 Å². The Morgan fingerprint density at radius 1 is 1.30 bits per heavy atom. The Bertz CT molecular complexity index is 633. The molecule has 0 amide bonds. The molecule has 0 bridgehead atoms. The van der Waals surface area contributed by atoms with Crippen LogP contribution in [0.4, 0.5) is 0 Å². The van der Waals surface area contributed by atoms with Gasteiger partial charge in [-0.1, -0.05) is 23.7 Å². The van der Waals surface area contributed by atoms with Crippen LogP contribution in [0.1, 0.15) is 17.5 Å². The summed E-state index contributed by atoms with van der Waals surface area (Å²) >= 11 is 5.92. The fourth-order valence-corrected chi connectivity index (χ4v) is 2.54. The van der Waals surface area contributed by atoms with Crippen LogP contribution in [0.2, 0.25) is 5.02 Å². The number of guanidine groups is 1. The van der Waals surface area contributed by atoms with E-state index in [-0.39, 0.29) is 0 Å². The number of aromatic nitrogens is 2. The number of rotatable bonds is 6. The Kier molecular flexibility index (Phi) is 6.47. The van der Waals surface area contributed by atoms with E-state index in [4.69, 9.17) is 11.6 Å². The van der Waals surface area contributed by atoms with E-state index < -0.39 is 0 Å². The fraction of sp³-hybridized carbons (Fsp3) is 0.412. The second-order valence-corrected chi connectivity index (χ2v) is 6.02. The molecule has 6 heteroatoms. The number of hydrogen-bond acceptors (Lipinski definition) is 2. The third-order valence-electron chi connectivity index (χ3n) is 3.59. The highest BCUT2D eigenvalue weighted by Gasteiger charge is 2.06. The van der Waals surface area contributed by atoms with E-state index in [1.165, 1.54) is 11.1 Å². The molecule has 0 aliphatic heterocycles. The molecule has 5 nitrogen and oxygen atoms in total. The SMILES string of the molecule is CN=C(NCCCc1cnn(C)c1)N(C)Cc1ccc(Cl)cc1. The summed E-state index contributed by atoms with van der Waals surface area (Å²) in [6.07, 6.45) is 6.03. The monoisotopic (exact) mass is 333 g/mol. The number of nitrogens with one attached hydrogen (secondary N) is 1. The van der Waals surface area contributed by atoms with E-state index >= 15 is 0 Å².